The second kappa shape index (κ2) is 4.76. The number of nitrogens with one attached hydrogen (secondary N) is 1. The number of nitrogens with zero attached hydrogens (tertiary/aromatic N) is 3. The number of nitro groups is 1. The molecule has 1 atom stereocenters. The lowest BCUT2D eigenvalue weighted by atomic mass is 9.77. The lowest BCUT2D eigenvalue weighted by Crippen LogP contribution is -2.24. The predicted molar refractivity (Wildman–Crippen MR) is 74.5 cm³/mol. The molecule has 7 nitrogen and oxygen atoms in total. The van der Waals surface area contributed by atoms with Gasteiger partial charge in [0.1, 0.15) is 6.20 Å². The van der Waals surface area contributed by atoms with Crippen LogP contribution in [0.5, 0.6) is 0 Å². The molecule has 0 radical (unpaired) electrons. The molecule has 20 heavy (non-hydrogen) atoms. The highest BCUT2D eigenvalue weighted by Gasteiger charge is 2.26. The van der Waals surface area contributed by atoms with Crippen molar-refractivity contribution in [3.8, 4) is 0 Å². The number of hydrogen-bond donors (Lipinski definition) is 2. The molecule has 0 saturated carbocycles. The van der Waals surface area contributed by atoms with Gasteiger partial charge in [0, 0.05) is 12.5 Å². The number of anilines is 2. The number of nitrogens with two attached hydrogens (primary N) is 1. The summed E-state index contributed by atoms with van der Waals surface area (Å²) in [6.45, 7) is 0.592. The standard InChI is InChI=1S/C13H13N5O2/c14-13-16-7-11(18(19)20)12(17-13)15-6-9-5-8-3-1-2-4-10(8)9/h1-4,7,9H,5-6H2,(H3,14,15,16,17). The fourth-order valence-electron chi connectivity index (χ4n) is 2.42. The van der Waals surface area contributed by atoms with Crippen LogP contribution in [-0.4, -0.2) is 21.4 Å². The molecule has 0 spiro atoms. The Morgan fingerprint density at radius 1 is 1.45 bits per heavy atom. The van der Waals surface area contributed by atoms with Gasteiger partial charge in [-0.15, -0.1) is 0 Å². The van der Waals surface area contributed by atoms with Gasteiger partial charge in [-0.3, -0.25) is 10.1 Å². The number of benzene rings is 1. The molecule has 1 heterocycles. The lowest BCUT2D eigenvalue weighted by Gasteiger charge is -2.30. The Hall–Kier alpha value is -2.70. The van der Waals surface area contributed by atoms with Crippen molar-refractivity contribution in [1.82, 2.24) is 9.97 Å². The Labute approximate surface area is 115 Å². The maximum Gasteiger partial charge on any atom is 0.329 e. The van der Waals surface area contributed by atoms with E-state index in [-0.39, 0.29) is 17.5 Å². The van der Waals surface area contributed by atoms with Crippen molar-refractivity contribution in [3.63, 3.8) is 0 Å². The fourth-order valence-corrected chi connectivity index (χ4v) is 2.42. The molecule has 2 aromatic rings. The molecule has 0 saturated heterocycles. The van der Waals surface area contributed by atoms with Crippen molar-refractivity contribution in [2.75, 3.05) is 17.6 Å². The van der Waals surface area contributed by atoms with Crippen LogP contribution in [0.3, 0.4) is 0 Å². The maximum atomic E-state index is 10.9. The van der Waals surface area contributed by atoms with Gasteiger partial charge in [0.25, 0.3) is 0 Å². The van der Waals surface area contributed by atoms with E-state index in [1.165, 1.54) is 11.1 Å². The van der Waals surface area contributed by atoms with Gasteiger partial charge in [0.15, 0.2) is 0 Å². The van der Waals surface area contributed by atoms with Crippen LogP contribution >= 0.6 is 0 Å². The fraction of sp³-hybridized carbons (Fsp3) is 0.231. The molecule has 1 aliphatic rings. The molecular formula is C13H13N5O2. The Morgan fingerprint density at radius 2 is 2.25 bits per heavy atom. The van der Waals surface area contributed by atoms with E-state index in [1.54, 1.807) is 0 Å². The quantitative estimate of drug-likeness (QED) is 0.647. The zero-order valence-electron chi connectivity index (χ0n) is 10.6. The largest absolute Gasteiger partial charge is 0.368 e. The van der Waals surface area contributed by atoms with E-state index in [0.29, 0.717) is 12.5 Å². The topological polar surface area (TPSA) is 107 Å². The van der Waals surface area contributed by atoms with Crippen molar-refractivity contribution < 1.29 is 4.92 Å². The van der Waals surface area contributed by atoms with Gasteiger partial charge in [-0.05, 0) is 17.5 Å². The van der Waals surface area contributed by atoms with Crippen molar-refractivity contribution in [2.45, 2.75) is 12.3 Å². The average Bonchev–Trinajstić information content (AvgIpc) is 2.39. The molecule has 1 aliphatic carbocycles. The predicted octanol–water partition coefficient (Wildman–Crippen LogP) is 1.72. The highest BCUT2D eigenvalue weighted by atomic mass is 16.6. The summed E-state index contributed by atoms with van der Waals surface area (Å²) < 4.78 is 0. The number of aromatic nitrogens is 2. The van der Waals surface area contributed by atoms with Crippen molar-refractivity contribution >= 4 is 17.5 Å². The summed E-state index contributed by atoms with van der Waals surface area (Å²) in [5.41, 5.74) is 7.92. The first-order valence-electron chi connectivity index (χ1n) is 6.23. The van der Waals surface area contributed by atoms with Crippen LogP contribution in [0.1, 0.15) is 17.0 Å². The van der Waals surface area contributed by atoms with E-state index in [1.807, 2.05) is 12.1 Å². The summed E-state index contributed by atoms with van der Waals surface area (Å²) in [5, 5.41) is 13.9. The van der Waals surface area contributed by atoms with Gasteiger partial charge >= 0.3 is 5.69 Å². The lowest BCUT2D eigenvalue weighted by molar-refractivity contribution is -0.384. The molecule has 102 valence electrons. The Bertz CT molecular complexity index is 674. The van der Waals surface area contributed by atoms with Crippen LogP contribution in [0.2, 0.25) is 0 Å². The Morgan fingerprint density at radius 3 is 3.00 bits per heavy atom. The van der Waals surface area contributed by atoms with Crippen molar-refractivity contribution in [3.05, 3.63) is 51.7 Å². The first-order chi connectivity index (χ1) is 9.65. The molecule has 3 rings (SSSR count). The van der Waals surface area contributed by atoms with E-state index in [9.17, 15) is 10.1 Å². The van der Waals surface area contributed by atoms with Gasteiger partial charge < -0.3 is 11.1 Å². The third-order valence-electron chi connectivity index (χ3n) is 3.46. The smallest absolute Gasteiger partial charge is 0.329 e. The molecular weight excluding hydrogens is 258 g/mol. The molecule has 0 fully saturated rings. The van der Waals surface area contributed by atoms with Gasteiger partial charge in [-0.25, -0.2) is 4.98 Å². The van der Waals surface area contributed by atoms with Crippen LogP contribution in [0.15, 0.2) is 30.5 Å². The second-order valence-electron chi connectivity index (χ2n) is 4.70. The van der Waals surface area contributed by atoms with Gasteiger partial charge in [0.2, 0.25) is 11.8 Å². The van der Waals surface area contributed by atoms with E-state index in [0.717, 1.165) is 12.6 Å². The SMILES string of the molecule is Nc1ncc([N+](=O)[O-])c(NCC2Cc3ccccc32)n1. The molecule has 1 unspecified atom stereocenters. The van der Waals surface area contributed by atoms with Crippen LogP contribution in [-0.2, 0) is 6.42 Å². The van der Waals surface area contributed by atoms with Crippen molar-refractivity contribution in [2.24, 2.45) is 0 Å². The first kappa shape index (κ1) is 12.3. The second-order valence-corrected chi connectivity index (χ2v) is 4.70. The molecule has 1 aromatic carbocycles. The van der Waals surface area contributed by atoms with Crippen LogP contribution in [0.4, 0.5) is 17.5 Å². The van der Waals surface area contributed by atoms with Crippen LogP contribution < -0.4 is 11.1 Å². The maximum absolute atomic E-state index is 10.9. The molecule has 1 aromatic heterocycles. The number of fused-ring (bicyclic) bond motifs is 1. The van der Waals surface area contributed by atoms with Gasteiger partial charge in [-0.2, -0.15) is 4.98 Å². The highest BCUT2D eigenvalue weighted by molar-refractivity contribution is 5.57. The summed E-state index contributed by atoms with van der Waals surface area (Å²) in [7, 11) is 0. The van der Waals surface area contributed by atoms with Gasteiger partial charge in [0.05, 0.1) is 4.92 Å². The number of rotatable bonds is 4. The normalized spacial score (nSPS) is 16.1. The summed E-state index contributed by atoms with van der Waals surface area (Å²) in [6.07, 6.45) is 2.09. The summed E-state index contributed by atoms with van der Waals surface area (Å²) in [6, 6.07) is 8.18. The number of nitrogen functional groups attached to an aromatic ring is 1. The average molecular weight is 271 g/mol. The minimum absolute atomic E-state index is 0.0205. The zero-order chi connectivity index (χ0) is 14.1. The Balaban J connectivity index is 1.74. The summed E-state index contributed by atoms with van der Waals surface area (Å²) in [5.74, 6) is 0.543. The third kappa shape index (κ3) is 2.13. The van der Waals surface area contributed by atoms with E-state index < -0.39 is 4.92 Å². The number of hydrogen-bond acceptors (Lipinski definition) is 6. The zero-order valence-corrected chi connectivity index (χ0v) is 10.6. The molecule has 0 amide bonds. The van der Waals surface area contributed by atoms with E-state index >= 15 is 0 Å². The highest BCUT2D eigenvalue weighted by Crippen LogP contribution is 2.35. The first-order valence-corrected chi connectivity index (χ1v) is 6.23. The van der Waals surface area contributed by atoms with Crippen LogP contribution in [0.25, 0.3) is 0 Å². The molecule has 0 bridgehead atoms. The minimum Gasteiger partial charge on any atom is -0.368 e. The van der Waals surface area contributed by atoms with Crippen LogP contribution in [0, 0.1) is 10.1 Å². The summed E-state index contributed by atoms with van der Waals surface area (Å²) in [4.78, 5) is 17.9. The monoisotopic (exact) mass is 271 g/mol. The summed E-state index contributed by atoms with van der Waals surface area (Å²) >= 11 is 0. The molecule has 7 heteroatoms. The van der Waals surface area contributed by atoms with E-state index in [4.69, 9.17) is 5.73 Å². The van der Waals surface area contributed by atoms with E-state index in [2.05, 4.69) is 27.4 Å². The van der Waals surface area contributed by atoms with Crippen molar-refractivity contribution in [1.29, 1.82) is 0 Å². The third-order valence-corrected chi connectivity index (χ3v) is 3.46. The van der Waals surface area contributed by atoms with Gasteiger partial charge in [-0.1, -0.05) is 24.3 Å². The minimum atomic E-state index is -0.517. The molecule has 3 N–H and O–H groups in total. The molecule has 0 aliphatic heterocycles. The Kier molecular flexibility index (Phi) is 2.94.